The Morgan fingerprint density at radius 3 is 2.56 bits per heavy atom. The lowest BCUT2D eigenvalue weighted by Gasteiger charge is -2.04. The third-order valence-corrected chi connectivity index (χ3v) is 4.28. The number of nitrogens with zero attached hydrogens (tertiary/aromatic N) is 3. The van der Waals surface area contributed by atoms with E-state index in [0.29, 0.717) is 13.0 Å². The first-order chi connectivity index (χ1) is 8.58. The summed E-state index contributed by atoms with van der Waals surface area (Å²) >= 11 is 0. The predicted molar refractivity (Wildman–Crippen MR) is 64.8 cm³/mol. The third-order valence-electron chi connectivity index (χ3n) is 2.47. The number of aryl methyl sites for hydroxylation is 1. The molecule has 0 saturated heterocycles. The Bertz CT molecular complexity index is 591. The van der Waals surface area contributed by atoms with Crippen LogP contribution in [0.2, 0.25) is 0 Å². The fourth-order valence-electron chi connectivity index (χ4n) is 1.54. The molecule has 18 heavy (non-hydrogen) atoms. The predicted octanol–water partition coefficient (Wildman–Crippen LogP) is 0.848. The van der Waals surface area contributed by atoms with E-state index in [1.165, 1.54) is 24.3 Å². The molecule has 2 rings (SSSR count). The maximum absolute atomic E-state index is 11.9. The van der Waals surface area contributed by atoms with Crippen molar-refractivity contribution in [3.63, 3.8) is 0 Å². The molecule has 0 aliphatic heterocycles. The summed E-state index contributed by atoms with van der Waals surface area (Å²) in [5, 5.41) is 16.5. The fourth-order valence-corrected chi connectivity index (χ4v) is 2.84. The van der Waals surface area contributed by atoms with Gasteiger partial charge in [-0.1, -0.05) is 5.21 Å². The summed E-state index contributed by atoms with van der Waals surface area (Å²) in [6.45, 7) is 0.511. The normalized spacial score (nSPS) is 11.6. The Morgan fingerprint density at radius 1 is 1.22 bits per heavy atom. The summed E-state index contributed by atoms with van der Waals surface area (Å²) < 4.78 is 25.5. The molecule has 1 heterocycles. The zero-order chi connectivity index (χ0) is 13.0. The highest BCUT2D eigenvalue weighted by Crippen LogP contribution is 2.16. The van der Waals surface area contributed by atoms with Gasteiger partial charge in [0.05, 0.1) is 16.8 Å². The lowest BCUT2D eigenvalue weighted by molar-refractivity contribution is 0.474. The molecule has 6 nitrogen and oxygen atoms in total. The standard InChI is InChI=1S/C11H13N3O3S/c15-10-2-4-11(5-3-10)18(16,17)9-1-7-14-8-6-12-13-14/h2-6,8,15H,1,7,9H2. The van der Waals surface area contributed by atoms with Gasteiger partial charge in [0.25, 0.3) is 0 Å². The monoisotopic (exact) mass is 267 g/mol. The maximum Gasteiger partial charge on any atom is 0.178 e. The molecule has 0 spiro atoms. The van der Waals surface area contributed by atoms with Crippen molar-refractivity contribution in [3.05, 3.63) is 36.7 Å². The molecule has 1 aromatic carbocycles. The molecule has 7 heteroatoms. The lowest BCUT2D eigenvalue weighted by atomic mass is 10.3. The topological polar surface area (TPSA) is 85.1 Å². The van der Waals surface area contributed by atoms with Crippen LogP contribution >= 0.6 is 0 Å². The number of hydrogen-bond donors (Lipinski definition) is 1. The Balaban J connectivity index is 1.97. The van der Waals surface area contributed by atoms with Crippen LogP contribution in [0.1, 0.15) is 6.42 Å². The highest BCUT2D eigenvalue weighted by atomic mass is 32.2. The van der Waals surface area contributed by atoms with Gasteiger partial charge in [0, 0.05) is 12.7 Å². The summed E-state index contributed by atoms with van der Waals surface area (Å²) in [4.78, 5) is 0.221. The van der Waals surface area contributed by atoms with Crippen LogP contribution < -0.4 is 0 Å². The van der Waals surface area contributed by atoms with Crippen LogP contribution in [-0.4, -0.2) is 34.3 Å². The molecule has 0 radical (unpaired) electrons. The van der Waals surface area contributed by atoms with E-state index in [4.69, 9.17) is 5.11 Å². The van der Waals surface area contributed by atoms with Crippen molar-refractivity contribution in [3.8, 4) is 5.75 Å². The number of phenolic OH excluding ortho intramolecular Hbond substituents is 1. The minimum atomic E-state index is -3.30. The van der Waals surface area contributed by atoms with Gasteiger partial charge in [-0.2, -0.15) is 0 Å². The van der Waals surface area contributed by atoms with Crippen LogP contribution in [0.3, 0.4) is 0 Å². The molecule has 0 aliphatic rings. The Kier molecular flexibility index (Phi) is 3.61. The second-order valence-electron chi connectivity index (χ2n) is 3.83. The average molecular weight is 267 g/mol. The van der Waals surface area contributed by atoms with Gasteiger partial charge >= 0.3 is 0 Å². The third kappa shape index (κ3) is 3.07. The molecular formula is C11H13N3O3S. The second-order valence-corrected chi connectivity index (χ2v) is 5.94. The molecule has 0 atom stereocenters. The van der Waals surface area contributed by atoms with Crippen molar-refractivity contribution in [1.82, 2.24) is 15.0 Å². The highest BCUT2D eigenvalue weighted by molar-refractivity contribution is 7.91. The van der Waals surface area contributed by atoms with Gasteiger partial charge < -0.3 is 5.11 Å². The molecule has 1 N–H and O–H groups in total. The molecule has 1 aromatic heterocycles. The molecule has 0 amide bonds. The van der Waals surface area contributed by atoms with Crippen molar-refractivity contribution < 1.29 is 13.5 Å². The van der Waals surface area contributed by atoms with Gasteiger partial charge in [-0.15, -0.1) is 5.10 Å². The Morgan fingerprint density at radius 2 is 1.94 bits per heavy atom. The zero-order valence-corrected chi connectivity index (χ0v) is 10.4. The first kappa shape index (κ1) is 12.6. The van der Waals surface area contributed by atoms with E-state index in [1.807, 2.05) is 0 Å². The van der Waals surface area contributed by atoms with E-state index < -0.39 is 9.84 Å². The molecule has 96 valence electrons. The summed E-state index contributed by atoms with van der Waals surface area (Å²) in [6, 6.07) is 5.54. The minimum Gasteiger partial charge on any atom is -0.508 e. The van der Waals surface area contributed by atoms with Gasteiger partial charge in [-0.3, -0.25) is 4.68 Å². The van der Waals surface area contributed by atoms with Gasteiger partial charge in [-0.05, 0) is 30.7 Å². The lowest BCUT2D eigenvalue weighted by Crippen LogP contribution is -2.10. The molecule has 0 fully saturated rings. The SMILES string of the molecule is O=S(=O)(CCCn1ccnn1)c1ccc(O)cc1. The van der Waals surface area contributed by atoms with Gasteiger partial charge in [0.1, 0.15) is 5.75 Å². The van der Waals surface area contributed by atoms with Crippen LogP contribution in [0.15, 0.2) is 41.6 Å². The van der Waals surface area contributed by atoms with E-state index in [9.17, 15) is 8.42 Å². The quantitative estimate of drug-likeness (QED) is 0.868. The van der Waals surface area contributed by atoms with E-state index in [0.717, 1.165) is 0 Å². The second kappa shape index (κ2) is 5.18. The summed E-state index contributed by atoms with van der Waals surface area (Å²) in [5.41, 5.74) is 0. The molecule has 0 aliphatic carbocycles. The number of phenols is 1. The van der Waals surface area contributed by atoms with Crippen molar-refractivity contribution >= 4 is 9.84 Å². The molecular weight excluding hydrogens is 254 g/mol. The molecule has 0 saturated carbocycles. The van der Waals surface area contributed by atoms with Crippen LogP contribution in [-0.2, 0) is 16.4 Å². The maximum atomic E-state index is 11.9. The van der Waals surface area contributed by atoms with Crippen molar-refractivity contribution in [2.75, 3.05) is 5.75 Å². The smallest absolute Gasteiger partial charge is 0.178 e. The first-order valence-electron chi connectivity index (χ1n) is 5.44. The summed E-state index contributed by atoms with van der Waals surface area (Å²) in [5.74, 6) is 0.0917. The Labute approximate surface area is 105 Å². The number of benzene rings is 1. The zero-order valence-electron chi connectivity index (χ0n) is 9.60. The van der Waals surface area contributed by atoms with Crippen molar-refractivity contribution in [2.45, 2.75) is 17.9 Å². The van der Waals surface area contributed by atoms with Crippen molar-refractivity contribution in [2.24, 2.45) is 0 Å². The van der Waals surface area contributed by atoms with Gasteiger partial charge in [-0.25, -0.2) is 8.42 Å². The number of sulfone groups is 1. The summed E-state index contributed by atoms with van der Waals surface area (Å²) in [7, 11) is -3.30. The average Bonchev–Trinajstić information content (AvgIpc) is 2.82. The minimum absolute atomic E-state index is 0.0393. The van der Waals surface area contributed by atoms with Crippen LogP contribution in [0.25, 0.3) is 0 Å². The number of aromatic hydroxyl groups is 1. The van der Waals surface area contributed by atoms with E-state index >= 15 is 0 Å². The molecule has 0 bridgehead atoms. The van der Waals surface area contributed by atoms with Crippen LogP contribution in [0.5, 0.6) is 5.75 Å². The largest absolute Gasteiger partial charge is 0.508 e. The summed E-state index contributed by atoms with van der Waals surface area (Å²) in [6.07, 6.45) is 3.70. The van der Waals surface area contributed by atoms with Crippen molar-refractivity contribution in [1.29, 1.82) is 0 Å². The first-order valence-corrected chi connectivity index (χ1v) is 7.09. The van der Waals surface area contributed by atoms with Crippen LogP contribution in [0, 0.1) is 0 Å². The van der Waals surface area contributed by atoms with Gasteiger partial charge in [0.2, 0.25) is 0 Å². The van der Waals surface area contributed by atoms with E-state index in [-0.39, 0.29) is 16.4 Å². The highest BCUT2D eigenvalue weighted by Gasteiger charge is 2.13. The van der Waals surface area contributed by atoms with Gasteiger partial charge in [0.15, 0.2) is 9.84 Å². The fraction of sp³-hybridized carbons (Fsp3) is 0.273. The molecule has 0 unspecified atom stereocenters. The number of hydrogen-bond acceptors (Lipinski definition) is 5. The van der Waals surface area contributed by atoms with E-state index in [2.05, 4.69) is 10.3 Å². The van der Waals surface area contributed by atoms with Crippen LogP contribution in [0.4, 0.5) is 0 Å². The Hall–Kier alpha value is -1.89. The van der Waals surface area contributed by atoms with E-state index in [1.54, 1.807) is 17.1 Å². The number of rotatable bonds is 5. The number of aromatic nitrogens is 3. The molecule has 2 aromatic rings.